The highest BCUT2D eigenvalue weighted by Crippen LogP contribution is 2.37. The highest BCUT2D eigenvalue weighted by atomic mass is 15.0. The molecule has 3 aromatic heterocycles. The Hall–Kier alpha value is -8.29. The van der Waals surface area contributed by atoms with E-state index in [0.29, 0.717) is 23.3 Å². The molecule has 0 bridgehead atoms. The average Bonchev–Trinajstić information content (AvgIpc) is 3.34. The van der Waals surface area contributed by atoms with Crippen molar-refractivity contribution in [1.82, 2.24) is 34.9 Å². The van der Waals surface area contributed by atoms with Gasteiger partial charge in [0.05, 0.1) is 17.1 Å². The molecule has 0 fully saturated rings. The van der Waals surface area contributed by atoms with Gasteiger partial charge in [-0.2, -0.15) is 0 Å². The second-order valence-corrected chi connectivity index (χ2v) is 15.1. The molecular formula is C55H39N7. The van der Waals surface area contributed by atoms with Crippen LogP contribution < -0.4 is 0 Å². The van der Waals surface area contributed by atoms with Crippen molar-refractivity contribution in [2.45, 2.75) is 13.8 Å². The van der Waals surface area contributed by atoms with E-state index in [-0.39, 0.29) is 0 Å². The molecule has 0 aliphatic heterocycles. The predicted molar refractivity (Wildman–Crippen MR) is 249 cm³/mol. The lowest BCUT2D eigenvalue weighted by Gasteiger charge is -2.14. The fourth-order valence-corrected chi connectivity index (χ4v) is 7.68. The molecular weight excluding hydrogens is 759 g/mol. The average molecular weight is 798 g/mol. The first-order valence-corrected chi connectivity index (χ1v) is 20.6. The van der Waals surface area contributed by atoms with E-state index in [4.69, 9.17) is 29.9 Å². The molecule has 0 amide bonds. The van der Waals surface area contributed by atoms with Gasteiger partial charge in [-0.25, -0.2) is 34.9 Å². The largest absolute Gasteiger partial charge is 0.239 e. The summed E-state index contributed by atoms with van der Waals surface area (Å²) in [5, 5.41) is 0. The molecule has 0 atom stereocenters. The zero-order valence-corrected chi connectivity index (χ0v) is 34.2. The summed E-state index contributed by atoms with van der Waals surface area (Å²) < 4.78 is 0. The van der Waals surface area contributed by atoms with Crippen LogP contribution in [0.2, 0.25) is 0 Å². The van der Waals surface area contributed by atoms with Crippen LogP contribution in [-0.4, -0.2) is 34.9 Å². The van der Waals surface area contributed by atoms with Crippen molar-refractivity contribution < 1.29 is 0 Å². The molecule has 0 radical (unpaired) electrons. The van der Waals surface area contributed by atoms with Crippen LogP contribution in [0, 0.1) is 13.8 Å². The third-order valence-electron chi connectivity index (χ3n) is 10.8. The van der Waals surface area contributed by atoms with E-state index in [2.05, 4.69) is 108 Å². The third kappa shape index (κ3) is 8.03. The van der Waals surface area contributed by atoms with Crippen molar-refractivity contribution in [2.75, 3.05) is 0 Å². The summed E-state index contributed by atoms with van der Waals surface area (Å²) >= 11 is 0. The van der Waals surface area contributed by atoms with Crippen molar-refractivity contribution in [3.63, 3.8) is 0 Å². The molecule has 3 heterocycles. The van der Waals surface area contributed by atoms with Crippen molar-refractivity contribution in [3.05, 3.63) is 212 Å². The maximum atomic E-state index is 5.05. The number of rotatable bonds is 9. The Bertz CT molecular complexity index is 3020. The van der Waals surface area contributed by atoms with Gasteiger partial charge in [-0.1, -0.05) is 182 Å². The van der Waals surface area contributed by atoms with Crippen LogP contribution in [0.3, 0.4) is 0 Å². The Morgan fingerprint density at radius 2 is 0.629 bits per heavy atom. The van der Waals surface area contributed by atoms with Gasteiger partial charge in [-0.3, -0.25) is 0 Å². The molecule has 294 valence electrons. The summed E-state index contributed by atoms with van der Waals surface area (Å²) in [6.45, 7) is 3.95. The van der Waals surface area contributed by atoms with Crippen LogP contribution in [-0.2, 0) is 0 Å². The minimum Gasteiger partial charge on any atom is -0.239 e. The highest BCUT2D eigenvalue weighted by Gasteiger charge is 2.16. The lowest BCUT2D eigenvalue weighted by Crippen LogP contribution is -2.00. The van der Waals surface area contributed by atoms with Gasteiger partial charge in [0.1, 0.15) is 5.82 Å². The van der Waals surface area contributed by atoms with E-state index in [0.717, 1.165) is 89.8 Å². The quantitative estimate of drug-likeness (QED) is 0.144. The Morgan fingerprint density at radius 1 is 0.242 bits per heavy atom. The fourth-order valence-electron chi connectivity index (χ4n) is 7.68. The molecule has 0 saturated heterocycles. The number of aromatic nitrogens is 7. The van der Waals surface area contributed by atoms with Crippen LogP contribution in [0.25, 0.3) is 102 Å². The number of benzene rings is 7. The van der Waals surface area contributed by atoms with Crippen LogP contribution in [0.4, 0.5) is 0 Å². The Morgan fingerprint density at radius 3 is 1.10 bits per heavy atom. The minimum atomic E-state index is 0.615. The fraction of sp³-hybridized carbons (Fsp3) is 0.0364. The SMILES string of the molecule is Cc1cc(-c2cc(-c3ccc(-c4nc(-c5ccccc5)nc(-c5ccccc5)n4)cc3)ccc2-c2ccc(-c3nc(-c4ccccc4)cc(-c4ccccc4)n3)cc2)nc(C)n1. The van der Waals surface area contributed by atoms with Gasteiger partial charge >= 0.3 is 0 Å². The molecule has 10 rings (SSSR count). The lowest BCUT2D eigenvalue weighted by molar-refractivity contribution is 1.02. The second kappa shape index (κ2) is 16.8. The van der Waals surface area contributed by atoms with Crippen LogP contribution in [0.15, 0.2) is 200 Å². The number of aryl methyl sites for hydroxylation is 2. The summed E-state index contributed by atoms with van der Waals surface area (Å²) in [4.78, 5) is 34.4. The van der Waals surface area contributed by atoms with Gasteiger partial charge in [0.25, 0.3) is 0 Å². The Labute approximate surface area is 360 Å². The molecule has 0 saturated carbocycles. The predicted octanol–water partition coefficient (Wildman–Crippen LogP) is 13.1. The molecule has 0 unspecified atom stereocenters. The summed E-state index contributed by atoms with van der Waals surface area (Å²) in [7, 11) is 0. The van der Waals surface area contributed by atoms with E-state index < -0.39 is 0 Å². The normalized spacial score (nSPS) is 11.1. The Kier molecular flexibility index (Phi) is 10.3. The monoisotopic (exact) mass is 797 g/mol. The first-order chi connectivity index (χ1) is 30.5. The van der Waals surface area contributed by atoms with E-state index in [9.17, 15) is 0 Å². The van der Waals surface area contributed by atoms with E-state index in [1.54, 1.807) is 0 Å². The first-order valence-electron chi connectivity index (χ1n) is 20.6. The topological polar surface area (TPSA) is 90.2 Å². The van der Waals surface area contributed by atoms with Crippen molar-refractivity contribution in [2.24, 2.45) is 0 Å². The molecule has 7 aromatic carbocycles. The summed E-state index contributed by atoms with van der Waals surface area (Å²) in [6.07, 6.45) is 0. The molecule has 0 N–H and O–H groups in total. The van der Waals surface area contributed by atoms with E-state index in [1.165, 1.54) is 0 Å². The van der Waals surface area contributed by atoms with Crippen molar-refractivity contribution in [3.8, 4) is 102 Å². The summed E-state index contributed by atoms with van der Waals surface area (Å²) in [5.74, 6) is 3.27. The summed E-state index contributed by atoms with van der Waals surface area (Å²) in [6, 6.07) is 68.2. The van der Waals surface area contributed by atoms with Gasteiger partial charge in [0, 0.05) is 44.6 Å². The molecule has 62 heavy (non-hydrogen) atoms. The Balaban J connectivity index is 1.01. The smallest absolute Gasteiger partial charge is 0.164 e. The first kappa shape index (κ1) is 37.9. The zero-order chi connectivity index (χ0) is 41.8. The van der Waals surface area contributed by atoms with E-state index in [1.807, 2.05) is 111 Å². The minimum absolute atomic E-state index is 0.615. The van der Waals surface area contributed by atoms with Gasteiger partial charge in [-0.05, 0) is 54.3 Å². The number of nitrogens with zero attached hydrogens (tertiary/aromatic N) is 7. The van der Waals surface area contributed by atoms with Crippen LogP contribution >= 0.6 is 0 Å². The zero-order valence-electron chi connectivity index (χ0n) is 34.2. The van der Waals surface area contributed by atoms with Crippen molar-refractivity contribution >= 4 is 0 Å². The van der Waals surface area contributed by atoms with Gasteiger partial charge in [0.2, 0.25) is 0 Å². The highest BCUT2D eigenvalue weighted by molar-refractivity contribution is 5.87. The molecule has 10 aromatic rings. The number of hydrogen-bond donors (Lipinski definition) is 0. The number of hydrogen-bond acceptors (Lipinski definition) is 7. The maximum absolute atomic E-state index is 5.05. The van der Waals surface area contributed by atoms with Crippen LogP contribution in [0.5, 0.6) is 0 Å². The van der Waals surface area contributed by atoms with Gasteiger partial charge in [0.15, 0.2) is 23.3 Å². The van der Waals surface area contributed by atoms with Gasteiger partial charge in [-0.15, -0.1) is 0 Å². The molecule has 7 nitrogen and oxygen atoms in total. The molecule has 0 spiro atoms. The van der Waals surface area contributed by atoms with Gasteiger partial charge < -0.3 is 0 Å². The standard InChI is InChI=1S/C55H39N7/c1-36-33-51(57-37(2)56-36)48-34-46(38-23-27-45(28-24-38)55-61-53(42-19-11-5-12-20-42)60-54(62-55)43-21-13-6-14-22-43)31-32-47(48)39-25-29-44(30-26-39)52-58-49(40-15-7-3-8-16-40)35-50(59-52)41-17-9-4-10-18-41/h3-35H,1-2H3. The lowest BCUT2D eigenvalue weighted by atomic mass is 9.92. The third-order valence-corrected chi connectivity index (χ3v) is 10.8. The molecule has 7 heteroatoms. The second-order valence-electron chi connectivity index (χ2n) is 15.1. The van der Waals surface area contributed by atoms with Crippen molar-refractivity contribution in [1.29, 1.82) is 0 Å². The molecule has 0 aliphatic carbocycles. The van der Waals surface area contributed by atoms with E-state index >= 15 is 0 Å². The summed E-state index contributed by atoms with van der Waals surface area (Å²) in [5.41, 5.74) is 14.6. The molecule has 0 aliphatic rings. The van der Waals surface area contributed by atoms with Crippen LogP contribution in [0.1, 0.15) is 11.5 Å². The maximum Gasteiger partial charge on any atom is 0.164 e.